The molecule has 1 N–H and O–H groups in total. The molecule has 1 atom stereocenters. The molecule has 1 unspecified atom stereocenters. The van der Waals surface area contributed by atoms with E-state index < -0.39 is 0 Å². The van der Waals surface area contributed by atoms with Gasteiger partial charge in [0.25, 0.3) is 0 Å². The minimum Gasteiger partial charge on any atom is -0.322 e. The van der Waals surface area contributed by atoms with Crippen molar-refractivity contribution in [3.8, 4) is 0 Å². The number of anilines is 1. The molecule has 0 saturated carbocycles. The maximum Gasteiger partial charge on any atom is 0.321 e. The molecule has 132 valence electrons. The van der Waals surface area contributed by atoms with Crippen LogP contribution in [0.1, 0.15) is 18.5 Å². The van der Waals surface area contributed by atoms with Gasteiger partial charge in [-0.25, -0.2) is 4.79 Å². The lowest BCUT2D eigenvalue weighted by Crippen LogP contribution is -2.50. The van der Waals surface area contributed by atoms with Crippen LogP contribution in [-0.4, -0.2) is 42.0 Å². The summed E-state index contributed by atoms with van der Waals surface area (Å²) in [5.41, 5.74) is 2.10. The first-order valence-electron chi connectivity index (χ1n) is 8.34. The van der Waals surface area contributed by atoms with Gasteiger partial charge in [0.15, 0.2) is 0 Å². The van der Waals surface area contributed by atoms with Crippen LogP contribution in [0.4, 0.5) is 10.5 Å². The number of amides is 2. The Bertz CT molecular complexity index is 731. The number of hydrogen-bond acceptors (Lipinski definition) is 2. The quantitative estimate of drug-likeness (QED) is 0.681. The van der Waals surface area contributed by atoms with Crippen LogP contribution >= 0.6 is 31.9 Å². The van der Waals surface area contributed by atoms with Crippen LogP contribution in [0, 0.1) is 0 Å². The lowest BCUT2D eigenvalue weighted by atomic mass is 10.1. The van der Waals surface area contributed by atoms with E-state index in [9.17, 15) is 4.79 Å². The smallest absolute Gasteiger partial charge is 0.321 e. The summed E-state index contributed by atoms with van der Waals surface area (Å²) in [5.74, 6) is 0. The summed E-state index contributed by atoms with van der Waals surface area (Å²) in [6.07, 6.45) is 0. The molecule has 0 radical (unpaired) electrons. The Balaban J connectivity index is 1.55. The topological polar surface area (TPSA) is 35.6 Å². The van der Waals surface area contributed by atoms with E-state index in [-0.39, 0.29) is 6.03 Å². The molecule has 0 spiro atoms. The van der Waals surface area contributed by atoms with Crippen LogP contribution in [0.15, 0.2) is 57.5 Å². The molecule has 3 rings (SSSR count). The van der Waals surface area contributed by atoms with E-state index in [1.54, 1.807) is 0 Å². The fourth-order valence-corrected chi connectivity index (χ4v) is 4.19. The van der Waals surface area contributed by atoms with Crippen molar-refractivity contribution >= 4 is 43.6 Å². The number of hydrogen-bond donors (Lipinski definition) is 1. The van der Waals surface area contributed by atoms with Gasteiger partial charge in [0.2, 0.25) is 0 Å². The van der Waals surface area contributed by atoms with Gasteiger partial charge in [0.1, 0.15) is 0 Å². The Kier molecular flexibility index (Phi) is 6.15. The van der Waals surface area contributed by atoms with Gasteiger partial charge in [-0.05, 0) is 46.6 Å². The first kappa shape index (κ1) is 18.4. The van der Waals surface area contributed by atoms with Crippen molar-refractivity contribution in [2.45, 2.75) is 13.0 Å². The number of carbonyl (C=O) groups is 1. The number of benzene rings is 2. The average molecular weight is 467 g/mol. The number of nitrogens with one attached hydrogen (secondary N) is 1. The fraction of sp³-hybridized carbons (Fsp3) is 0.316. The summed E-state index contributed by atoms with van der Waals surface area (Å²) in [4.78, 5) is 16.8. The molecule has 2 aromatic carbocycles. The molecule has 1 aliphatic heterocycles. The van der Waals surface area contributed by atoms with Crippen molar-refractivity contribution in [3.05, 3.63) is 63.0 Å². The van der Waals surface area contributed by atoms with Crippen LogP contribution in [0.25, 0.3) is 0 Å². The van der Waals surface area contributed by atoms with Gasteiger partial charge in [0.05, 0.1) is 5.69 Å². The highest BCUT2D eigenvalue weighted by atomic mass is 79.9. The van der Waals surface area contributed by atoms with Crippen molar-refractivity contribution < 1.29 is 4.79 Å². The summed E-state index contributed by atoms with van der Waals surface area (Å²) in [7, 11) is 0. The third-order valence-corrected chi connectivity index (χ3v) is 5.75. The van der Waals surface area contributed by atoms with Crippen LogP contribution in [0.3, 0.4) is 0 Å². The number of piperazine rings is 1. The Morgan fingerprint density at radius 3 is 2.36 bits per heavy atom. The number of rotatable bonds is 3. The monoisotopic (exact) mass is 465 g/mol. The Hall–Kier alpha value is -1.37. The van der Waals surface area contributed by atoms with Crippen LogP contribution in [-0.2, 0) is 0 Å². The maximum atomic E-state index is 12.5. The molecule has 6 heteroatoms. The van der Waals surface area contributed by atoms with Crippen molar-refractivity contribution in [3.63, 3.8) is 0 Å². The lowest BCUT2D eigenvalue weighted by molar-refractivity contribution is 0.119. The van der Waals surface area contributed by atoms with E-state index in [1.165, 1.54) is 5.56 Å². The zero-order valence-corrected chi connectivity index (χ0v) is 17.3. The lowest BCUT2D eigenvalue weighted by Gasteiger charge is -2.38. The molecule has 1 heterocycles. The highest BCUT2D eigenvalue weighted by Crippen LogP contribution is 2.27. The van der Waals surface area contributed by atoms with Crippen LogP contribution in [0.2, 0.25) is 0 Å². The SMILES string of the molecule is CC(c1ccccc1)N1CCN(C(=O)Nc2ccc(Br)cc2Br)CC1. The number of carbonyl (C=O) groups excluding carboxylic acids is 1. The van der Waals surface area contributed by atoms with E-state index in [0.29, 0.717) is 6.04 Å². The minimum absolute atomic E-state index is 0.0463. The molecule has 1 saturated heterocycles. The molecule has 1 aliphatic rings. The van der Waals surface area contributed by atoms with E-state index in [4.69, 9.17) is 0 Å². The largest absolute Gasteiger partial charge is 0.322 e. The molecular formula is C19H21Br2N3O. The van der Waals surface area contributed by atoms with Gasteiger partial charge in [-0.2, -0.15) is 0 Å². The normalized spacial score (nSPS) is 16.5. The number of urea groups is 1. The summed E-state index contributed by atoms with van der Waals surface area (Å²) < 4.78 is 1.84. The molecule has 1 fully saturated rings. The molecule has 0 bridgehead atoms. The highest BCUT2D eigenvalue weighted by Gasteiger charge is 2.25. The van der Waals surface area contributed by atoms with Crippen molar-refractivity contribution in [1.82, 2.24) is 9.80 Å². The zero-order valence-electron chi connectivity index (χ0n) is 14.1. The summed E-state index contributed by atoms with van der Waals surface area (Å²) in [6.45, 7) is 5.45. The molecule has 2 aromatic rings. The zero-order chi connectivity index (χ0) is 17.8. The first-order chi connectivity index (χ1) is 12.0. The number of nitrogens with zero attached hydrogens (tertiary/aromatic N) is 2. The predicted molar refractivity (Wildman–Crippen MR) is 109 cm³/mol. The third-order valence-electron chi connectivity index (χ3n) is 4.60. The molecule has 2 amide bonds. The summed E-state index contributed by atoms with van der Waals surface area (Å²) in [5, 5.41) is 2.98. The van der Waals surface area contributed by atoms with Gasteiger partial charge >= 0.3 is 6.03 Å². The fourth-order valence-electron chi connectivity index (χ4n) is 3.04. The summed E-state index contributed by atoms with van der Waals surface area (Å²) in [6, 6.07) is 16.6. The Labute approximate surface area is 165 Å². The van der Waals surface area contributed by atoms with E-state index >= 15 is 0 Å². The highest BCUT2D eigenvalue weighted by molar-refractivity contribution is 9.11. The Morgan fingerprint density at radius 2 is 1.72 bits per heavy atom. The van der Waals surface area contributed by atoms with Crippen LogP contribution < -0.4 is 5.32 Å². The van der Waals surface area contributed by atoms with Gasteiger partial charge < -0.3 is 10.2 Å². The van der Waals surface area contributed by atoms with Gasteiger partial charge in [0, 0.05) is 41.2 Å². The van der Waals surface area contributed by atoms with Crippen LogP contribution in [0.5, 0.6) is 0 Å². The molecule has 4 nitrogen and oxygen atoms in total. The second kappa shape index (κ2) is 8.34. The molecular weight excluding hydrogens is 446 g/mol. The molecule has 0 aromatic heterocycles. The van der Waals surface area contributed by atoms with Gasteiger partial charge in [-0.3, -0.25) is 4.90 Å². The van der Waals surface area contributed by atoms with Crippen molar-refractivity contribution in [2.75, 3.05) is 31.5 Å². The average Bonchev–Trinajstić information content (AvgIpc) is 2.64. The predicted octanol–water partition coefficient (Wildman–Crippen LogP) is 5.12. The van der Waals surface area contributed by atoms with Gasteiger partial charge in [-0.1, -0.05) is 46.3 Å². The second-order valence-electron chi connectivity index (χ2n) is 6.16. The molecule has 25 heavy (non-hydrogen) atoms. The Morgan fingerprint density at radius 1 is 1.04 bits per heavy atom. The number of halogens is 2. The van der Waals surface area contributed by atoms with E-state index in [2.05, 4.69) is 73.3 Å². The molecule has 0 aliphatic carbocycles. The van der Waals surface area contributed by atoms with Crippen molar-refractivity contribution in [2.24, 2.45) is 0 Å². The van der Waals surface area contributed by atoms with E-state index in [0.717, 1.165) is 40.8 Å². The van der Waals surface area contributed by atoms with E-state index in [1.807, 2.05) is 29.2 Å². The standard InChI is InChI=1S/C19H21Br2N3O/c1-14(15-5-3-2-4-6-15)23-9-11-24(12-10-23)19(25)22-18-8-7-16(20)13-17(18)21/h2-8,13-14H,9-12H2,1H3,(H,22,25). The second-order valence-corrected chi connectivity index (χ2v) is 7.93. The summed E-state index contributed by atoms with van der Waals surface area (Å²) >= 11 is 6.90. The van der Waals surface area contributed by atoms with Crippen molar-refractivity contribution in [1.29, 1.82) is 0 Å². The maximum absolute atomic E-state index is 12.5. The first-order valence-corrected chi connectivity index (χ1v) is 9.93. The third kappa shape index (κ3) is 4.63. The van der Waals surface area contributed by atoms with Gasteiger partial charge in [-0.15, -0.1) is 0 Å². The minimum atomic E-state index is -0.0463.